The van der Waals surface area contributed by atoms with Gasteiger partial charge in [0.25, 0.3) is 0 Å². The van der Waals surface area contributed by atoms with Gasteiger partial charge in [0.15, 0.2) is 0 Å². The van der Waals surface area contributed by atoms with Gasteiger partial charge in [-0.3, -0.25) is 4.90 Å². The molecule has 1 fully saturated rings. The predicted molar refractivity (Wildman–Crippen MR) is 82.3 cm³/mol. The van der Waals surface area contributed by atoms with Gasteiger partial charge in [-0.05, 0) is 25.0 Å². The zero-order chi connectivity index (χ0) is 14.4. The van der Waals surface area contributed by atoms with Crippen LogP contribution in [0.3, 0.4) is 0 Å². The molecule has 1 aliphatic heterocycles. The standard InChI is InChI=1S/C17H24N2O/c1-3-17-13-20-14(2)11-19(17)12-16-8-5-4-7-15(16)9-6-10-18/h4-5,7-8,14,17H,3,10-13,18H2,1-2H3. The van der Waals surface area contributed by atoms with Crippen LogP contribution in [0.15, 0.2) is 24.3 Å². The van der Waals surface area contributed by atoms with Crippen LogP contribution in [-0.4, -0.2) is 36.7 Å². The van der Waals surface area contributed by atoms with E-state index in [-0.39, 0.29) is 0 Å². The fourth-order valence-electron chi connectivity index (χ4n) is 2.63. The minimum Gasteiger partial charge on any atom is -0.376 e. The molecule has 2 atom stereocenters. The lowest BCUT2D eigenvalue weighted by atomic mass is 10.0. The van der Waals surface area contributed by atoms with Crippen molar-refractivity contribution in [3.05, 3.63) is 35.4 Å². The fraction of sp³-hybridized carbons (Fsp3) is 0.529. The first-order chi connectivity index (χ1) is 9.74. The van der Waals surface area contributed by atoms with E-state index in [9.17, 15) is 0 Å². The second-order valence-corrected chi connectivity index (χ2v) is 5.30. The number of hydrogen-bond acceptors (Lipinski definition) is 3. The van der Waals surface area contributed by atoms with E-state index >= 15 is 0 Å². The second-order valence-electron chi connectivity index (χ2n) is 5.30. The number of nitrogens with two attached hydrogens (primary N) is 1. The van der Waals surface area contributed by atoms with E-state index in [0.29, 0.717) is 18.7 Å². The largest absolute Gasteiger partial charge is 0.376 e. The van der Waals surface area contributed by atoms with Crippen molar-refractivity contribution in [1.82, 2.24) is 4.90 Å². The van der Waals surface area contributed by atoms with Gasteiger partial charge in [-0.15, -0.1) is 0 Å². The molecule has 1 aromatic rings. The third-order valence-corrected chi connectivity index (χ3v) is 3.77. The molecule has 2 unspecified atom stereocenters. The van der Waals surface area contributed by atoms with Gasteiger partial charge in [-0.25, -0.2) is 0 Å². The summed E-state index contributed by atoms with van der Waals surface area (Å²) in [7, 11) is 0. The lowest BCUT2D eigenvalue weighted by molar-refractivity contribution is -0.0592. The maximum absolute atomic E-state index is 5.76. The van der Waals surface area contributed by atoms with Crippen LogP contribution in [0.25, 0.3) is 0 Å². The highest BCUT2D eigenvalue weighted by Crippen LogP contribution is 2.19. The number of benzene rings is 1. The Balaban J connectivity index is 2.15. The number of hydrogen-bond donors (Lipinski definition) is 1. The number of morpholine rings is 1. The highest BCUT2D eigenvalue weighted by atomic mass is 16.5. The third kappa shape index (κ3) is 3.83. The minimum absolute atomic E-state index is 0.306. The van der Waals surface area contributed by atoms with E-state index in [0.717, 1.165) is 31.7 Å². The third-order valence-electron chi connectivity index (χ3n) is 3.77. The summed E-state index contributed by atoms with van der Waals surface area (Å²) in [4.78, 5) is 2.51. The molecule has 0 bridgehead atoms. The summed E-state index contributed by atoms with van der Waals surface area (Å²) in [6, 6.07) is 8.84. The molecule has 20 heavy (non-hydrogen) atoms. The van der Waals surface area contributed by atoms with E-state index < -0.39 is 0 Å². The van der Waals surface area contributed by atoms with Gasteiger partial charge in [0, 0.05) is 24.7 Å². The van der Waals surface area contributed by atoms with Gasteiger partial charge in [-0.1, -0.05) is 37.0 Å². The molecule has 1 aromatic carbocycles. The van der Waals surface area contributed by atoms with Crippen molar-refractivity contribution < 1.29 is 4.74 Å². The van der Waals surface area contributed by atoms with Crippen molar-refractivity contribution in [3.63, 3.8) is 0 Å². The van der Waals surface area contributed by atoms with Crippen molar-refractivity contribution >= 4 is 0 Å². The summed E-state index contributed by atoms with van der Waals surface area (Å²) in [5.41, 5.74) is 7.84. The van der Waals surface area contributed by atoms with Crippen LogP contribution < -0.4 is 5.73 Å². The number of ether oxygens (including phenoxy) is 1. The van der Waals surface area contributed by atoms with E-state index in [1.54, 1.807) is 0 Å². The minimum atomic E-state index is 0.306. The smallest absolute Gasteiger partial charge is 0.0674 e. The summed E-state index contributed by atoms with van der Waals surface area (Å²) in [5, 5.41) is 0. The molecule has 1 saturated heterocycles. The van der Waals surface area contributed by atoms with Crippen molar-refractivity contribution in [1.29, 1.82) is 0 Å². The Bertz CT molecular complexity index is 489. The highest BCUT2D eigenvalue weighted by molar-refractivity contribution is 5.41. The molecule has 0 radical (unpaired) electrons. The Labute approximate surface area is 122 Å². The molecule has 1 heterocycles. The lowest BCUT2D eigenvalue weighted by Crippen LogP contribution is -2.47. The highest BCUT2D eigenvalue weighted by Gasteiger charge is 2.25. The normalized spacial score (nSPS) is 23.1. The van der Waals surface area contributed by atoms with Gasteiger partial charge in [0.05, 0.1) is 19.3 Å². The molecule has 0 amide bonds. The molecule has 0 aliphatic carbocycles. The monoisotopic (exact) mass is 272 g/mol. The quantitative estimate of drug-likeness (QED) is 0.855. The Morgan fingerprint density at radius 2 is 2.20 bits per heavy atom. The molecular weight excluding hydrogens is 248 g/mol. The average Bonchev–Trinajstić information content (AvgIpc) is 2.47. The molecule has 0 spiro atoms. The topological polar surface area (TPSA) is 38.5 Å². The zero-order valence-corrected chi connectivity index (χ0v) is 12.4. The summed E-state index contributed by atoms with van der Waals surface area (Å²) in [5.74, 6) is 6.12. The summed E-state index contributed by atoms with van der Waals surface area (Å²) < 4.78 is 5.76. The van der Waals surface area contributed by atoms with Crippen molar-refractivity contribution in [2.45, 2.75) is 39.0 Å². The maximum Gasteiger partial charge on any atom is 0.0674 e. The van der Waals surface area contributed by atoms with E-state index in [1.807, 2.05) is 6.07 Å². The SMILES string of the molecule is CCC1COC(C)CN1Cc1ccccc1C#CCN. The lowest BCUT2D eigenvalue weighted by Gasteiger charge is -2.38. The van der Waals surface area contributed by atoms with E-state index in [4.69, 9.17) is 10.5 Å². The van der Waals surface area contributed by atoms with Gasteiger partial charge in [-0.2, -0.15) is 0 Å². The fourth-order valence-corrected chi connectivity index (χ4v) is 2.63. The summed E-state index contributed by atoms with van der Waals surface area (Å²) >= 11 is 0. The molecule has 108 valence electrons. The van der Waals surface area contributed by atoms with E-state index in [2.05, 4.69) is 48.8 Å². The summed E-state index contributed by atoms with van der Waals surface area (Å²) in [6.45, 7) is 7.50. The Morgan fingerprint density at radius 1 is 1.40 bits per heavy atom. The maximum atomic E-state index is 5.76. The molecule has 3 heteroatoms. The molecule has 0 aromatic heterocycles. The van der Waals surface area contributed by atoms with E-state index in [1.165, 1.54) is 5.56 Å². The van der Waals surface area contributed by atoms with Crippen molar-refractivity contribution in [3.8, 4) is 11.8 Å². The van der Waals surface area contributed by atoms with Crippen LogP contribution >= 0.6 is 0 Å². The first-order valence-corrected chi connectivity index (χ1v) is 7.37. The molecule has 0 saturated carbocycles. The van der Waals surface area contributed by atoms with Crippen LogP contribution in [0.2, 0.25) is 0 Å². The Morgan fingerprint density at radius 3 is 2.95 bits per heavy atom. The first-order valence-electron chi connectivity index (χ1n) is 7.37. The Hall–Kier alpha value is -1.34. The Kier molecular flexibility index (Phi) is 5.60. The van der Waals surface area contributed by atoms with Crippen LogP contribution in [0.1, 0.15) is 31.4 Å². The molecule has 2 rings (SSSR count). The molecule has 3 nitrogen and oxygen atoms in total. The van der Waals surface area contributed by atoms with Gasteiger partial charge < -0.3 is 10.5 Å². The molecule has 1 aliphatic rings. The van der Waals surface area contributed by atoms with Crippen LogP contribution in [0, 0.1) is 11.8 Å². The average molecular weight is 272 g/mol. The second kappa shape index (κ2) is 7.44. The molecule has 2 N–H and O–H groups in total. The van der Waals surface area contributed by atoms with Gasteiger partial charge in [0.1, 0.15) is 0 Å². The van der Waals surface area contributed by atoms with Crippen molar-refractivity contribution in [2.75, 3.05) is 19.7 Å². The predicted octanol–water partition coefficient (Wildman–Crippen LogP) is 2.00. The molecular formula is C17H24N2O. The van der Waals surface area contributed by atoms with Crippen molar-refractivity contribution in [2.24, 2.45) is 5.73 Å². The first kappa shape index (κ1) is 15.1. The van der Waals surface area contributed by atoms with Crippen LogP contribution in [-0.2, 0) is 11.3 Å². The van der Waals surface area contributed by atoms with Gasteiger partial charge in [0.2, 0.25) is 0 Å². The zero-order valence-electron chi connectivity index (χ0n) is 12.4. The van der Waals surface area contributed by atoms with Crippen LogP contribution in [0.5, 0.6) is 0 Å². The number of nitrogens with zero attached hydrogens (tertiary/aromatic N) is 1. The van der Waals surface area contributed by atoms with Crippen LogP contribution in [0.4, 0.5) is 0 Å². The summed E-state index contributed by atoms with van der Waals surface area (Å²) in [6.07, 6.45) is 1.42. The number of rotatable bonds is 3. The van der Waals surface area contributed by atoms with Gasteiger partial charge >= 0.3 is 0 Å².